The first-order chi connectivity index (χ1) is 15.4. The number of hydrogen-bond donors (Lipinski definition) is 2. The highest BCUT2D eigenvalue weighted by Gasteiger charge is 2.14. The van der Waals surface area contributed by atoms with E-state index >= 15 is 0 Å². The number of methoxy groups -OCH3 is 1. The van der Waals surface area contributed by atoms with Crippen LogP contribution in [0.5, 0.6) is 17.2 Å². The molecule has 8 heteroatoms. The van der Waals surface area contributed by atoms with E-state index in [0.29, 0.717) is 40.6 Å². The number of benzene rings is 2. The summed E-state index contributed by atoms with van der Waals surface area (Å²) in [6.45, 7) is 3.98. The minimum atomic E-state index is -0.451. The number of carbonyl (C=O) groups is 1. The Hall–Kier alpha value is -4.25. The maximum atomic E-state index is 12.3. The van der Waals surface area contributed by atoms with Crippen LogP contribution in [0.2, 0.25) is 0 Å². The Labute approximate surface area is 185 Å². The van der Waals surface area contributed by atoms with Crippen molar-refractivity contribution in [3.8, 4) is 34.4 Å². The maximum Gasteiger partial charge on any atom is 0.266 e. The topological polar surface area (TPSA) is 113 Å². The number of nitriles is 1. The van der Waals surface area contributed by atoms with E-state index in [1.54, 1.807) is 55.5 Å². The lowest BCUT2D eigenvalue weighted by Gasteiger charge is -2.13. The van der Waals surface area contributed by atoms with Gasteiger partial charge >= 0.3 is 0 Å². The zero-order valence-electron chi connectivity index (χ0n) is 18.0. The number of aromatic amines is 1. The van der Waals surface area contributed by atoms with Crippen molar-refractivity contribution in [2.24, 2.45) is 0 Å². The van der Waals surface area contributed by atoms with Crippen molar-refractivity contribution in [1.82, 2.24) is 4.98 Å². The van der Waals surface area contributed by atoms with Crippen LogP contribution in [0, 0.1) is 18.3 Å². The van der Waals surface area contributed by atoms with Gasteiger partial charge in [0.25, 0.3) is 11.5 Å². The number of H-pyrrole nitrogens is 1. The molecule has 3 rings (SSSR count). The van der Waals surface area contributed by atoms with Crippen molar-refractivity contribution in [1.29, 1.82) is 5.26 Å². The summed E-state index contributed by atoms with van der Waals surface area (Å²) in [7, 11) is 1.47. The van der Waals surface area contributed by atoms with Gasteiger partial charge in [-0.05, 0) is 61.9 Å². The zero-order chi connectivity index (χ0) is 23.1. The highest BCUT2D eigenvalue weighted by Crippen LogP contribution is 2.33. The molecule has 0 radical (unpaired) electrons. The predicted molar refractivity (Wildman–Crippen MR) is 120 cm³/mol. The number of aryl methyl sites for hydroxylation is 1. The third kappa shape index (κ3) is 5.26. The number of aromatic nitrogens is 1. The average Bonchev–Trinajstić information content (AvgIpc) is 2.78. The number of carbonyl (C=O) groups excluding carboxylic acids is 1. The molecule has 1 heterocycles. The molecular weight excluding hydrogens is 410 g/mol. The monoisotopic (exact) mass is 433 g/mol. The molecule has 0 atom stereocenters. The molecule has 164 valence electrons. The van der Waals surface area contributed by atoms with Crippen LogP contribution in [0.3, 0.4) is 0 Å². The maximum absolute atomic E-state index is 12.3. The second kappa shape index (κ2) is 10.2. The van der Waals surface area contributed by atoms with Crippen LogP contribution in [0.1, 0.15) is 18.2 Å². The van der Waals surface area contributed by atoms with E-state index in [0.717, 1.165) is 5.75 Å². The largest absolute Gasteiger partial charge is 0.494 e. The van der Waals surface area contributed by atoms with Gasteiger partial charge in [-0.1, -0.05) is 6.07 Å². The van der Waals surface area contributed by atoms with Crippen molar-refractivity contribution >= 4 is 11.6 Å². The van der Waals surface area contributed by atoms with Gasteiger partial charge in [0.05, 0.1) is 13.7 Å². The molecule has 2 aromatic carbocycles. The zero-order valence-corrected chi connectivity index (χ0v) is 18.0. The quantitative estimate of drug-likeness (QED) is 0.561. The molecule has 0 aliphatic heterocycles. The summed E-state index contributed by atoms with van der Waals surface area (Å²) in [4.78, 5) is 27.0. The number of amides is 1. The minimum Gasteiger partial charge on any atom is -0.494 e. The molecule has 0 spiro atoms. The van der Waals surface area contributed by atoms with E-state index in [1.807, 2.05) is 13.0 Å². The Kier molecular flexibility index (Phi) is 7.13. The van der Waals surface area contributed by atoms with Gasteiger partial charge < -0.3 is 24.5 Å². The van der Waals surface area contributed by atoms with Crippen LogP contribution in [-0.2, 0) is 4.79 Å². The van der Waals surface area contributed by atoms with Crippen molar-refractivity contribution in [2.45, 2.75) is 13.8 Å². The summed E-state index contributed by atoms with van der Waals surface area (Å²) >= 11 is 0. The lowest BCUT2D eigenvalue weighted by atomic mass is 10.0. The number of hydrogen-bond acceptors (Lipinski definition) is 6. The second-order valence-electron chi connectivity index (χ2n) is 6.84. The van der Waals surface area contributed by atoms with Gasteiger partial charge in [-0.15, -0.1) is 0 Å². The van der Waals surface area contributed by atoms with Crippen LogP contribution in [0.25, 0.3) is 11.1 Å². The summed E-state index contributed by atoms with van der Waals surface area (Å²) in [6, 6.07) is 15.7. The van der Waals surface area contributed by atoms with E-state index in [4.69, 9.17) is 14.2 Å². The summed E-state index contributed by atoms with van der Waals surface area (Å²) < 4.78 is 16.4. The standard InChI is InChI=1S/C24H23N3O5/c1-4-31-18-8-6-17(7-9-18)27-23(28)14-32-21-10-5-16(12-22(21)30-3)19-11-15(2)26-24(29)20(19)13-25/h5-12H,4,14H2,1-3H3,(H,26,29)(H,27,28). The van der Waals surface area contributed by atoms with E-state index in [-0.39, 0.29) is 18.1 Å². The molecule has 1 aromatic heterocycles. The summed E-state index contributed by atoms with van der Waals surface area (Å²) in [5, 5.41) is 12.1. The molecule has 0 unspecified atom stereocenters. The van der Waals surface area contributed by atoms with Crippen LogP contribution < -0.4 is 25.1 Å². The smallest absolute Gasteiger partial charge is 0.266 e. The molecule has 0 aliphatic carbocycles. The molecule has 0 bridgehead atoms. The Bertz CT molecular complexity index is 1210. The normalized spacial score (nSPS) is 10.2. The van der Waals surface area contributed by atoms with Crippen LogP contribution >= 0.6 is 0 Å². The van der Waals surface area contributed by atoms with E-state index < -0.39 is 5.56 Å². The number of nitrogens with one attached hydrogen (secondary N) is 2. The fraction of sp³-hybridized carbons (Fsp3) is 0.208. The highest BCUT2D eigenvalue weighted by atomic mass is 16.5. The van der Waals surface area contributed by atoms with Crippen molar-refractivity contribution in [2.75, 3.05) is 25.6 Å². The fourth-order valence-electron chi connectivity index (χ4n) is 3.12. The molecule has 0 aliphatic rings. The van der Waals surface area contributed by atoms with Gasteiger partial charge in [-0.25, -0.2) is 0 Å². The third-order valence-electron chi connectivity index (χ3n) is 4.56. The van der Waals surface area contributed by atoms with Crippen molar-refractivity contribution < 1.29 is 19.0 Å². The van der Waals surface area contributed by atoms with Gasteiger partial charge in [-0.2, -0.15) is 5.26 Å². The van der Waals surface area contributed by atoms with E-state index in [2.05, 4.69) is 10.3 Å². The number of anilines is 1. The molecule has 0 saturated carbocycles. The van der Waals surface area contributed by atoms with Gasteiger partial charge in [0.2, 0.25) is 0 Å². The van der Waals surface area contributed by atoms with E-state index in [9.17, 15) is 14.9 Å². The van der Waals surface area contributed by atoms with Crippen LogP contribution in [0.15, 0.2) is 53.3 Å². The van der Waals surface area contributed by atoms with Gasteiger partial charge in [-0.3, -0.25) is 9.59 Å². The molecule has 32 heavy (non-hydrogen) atoms. The Balaban J connectivity index is 1.72. The first-order valence-corrected chi connectivity index (χ1v) is 9.93. The fourth-order valence-corrected chi connectivity index (χ4v) is 3.12. The SMILES string of the molecule is CCOc1ccc(NC(=O)COc2ccc(-c3cc(C)[nH]c(=O)c3C#N)cc2OC)cc1. The molecule has 2 N–H and O–H groups in total. The number of pyridine rings is 1. The molecule has 0 saturated heterocycles. The third-order valence-corrected chi connectivity index (χ3v) is 4.56. The Morgan fingerprint density at radius 2 is 1.84 bits per heavy atom. The number of rotatable bonds is 8. The van der Waals surface area contributed by atoms with Gasteiger partial charge in [0.15, 0.2) is 18.1 Å². The Morgan fingerprint density at radius 3 is 2.50 bits per heavy atom. The number of ether oxygens (including phenoxy) is 3. The van der Waals surface area contributed by atoms with Gasteiger partial charge in [0, 0.05) is 16.9 Å². The first-order valence-electron chi connectivity index (χ1n) is 9.93. The van der Waals surface area contributed by atoms with E-state index in [1.165, 1.54) is 7.11 Å². The summed E-state index contributed by atoms with van der Waals surface area (Å²) in [5.41, 5.74) is 1.94. The van der Waals surface area contributed by atoms with Crippen molar-refractivity contribution in [3.05, 3.63) is 70.1 Å². The first kappa shape index (κ1) is 22.4. The van der Waals surface area contributed by atoms with Crippen LogP contribution in [0.4, 0.5) is 5.69 Å². The lowest BCUT2D eigenvalue weighted by Crippen LogP contribution is -2.20. The average molecular weight is 433 g/mol. The molecule has 3 aromatic rings. The minimum absolute atomic E-state index is 0.0149. The van der Waals surface area contributed by atoms with Crippen LogP contribution in [-0.4, -0.2) is 31.2 Å². The Morgan fingerprint density at radius 1 is 1.09 bits per heavy atom. The molecular formula is C24H23N3O5. The predicted octanol–water partition coefficient (Wildman–Crippen LogP) is 3.65. The molecule has 8 nitrogen and oxygen atoms in total. The van der Waals surface area contributed by atoms with Crippen molar-refractivity contribution in [3.63, 3.8) is 0 Å². The highest BCUT2D eigenvalue weighted by molar-refractivity contribution is 5.92. The molecule has 1 amide bonds. The molecule has 0 fully saturated rings. The lowest BCUT2D eigenvalue weighted by molar-refractivity contribution is -0.118. The summed E-state index contributed by atoms with van der Waals surface area (Å²) in [5.74, 6) is 1.12. The van der Waals surface area contributed by atoms with Gasteiger partial charge in [0.1, 0.15) is 17.4 Å². The summed E-state index contributed by atoms with van der Waals surface area (Å²) in [6.07, 6.45) is 0. The number of nitrogens with zero attached hydrogens (tertiary/aromatic N) is 1. The second-order valence-corrected chi connectivity index (χ2v) is 6.84.